The number of hydrogen-bond donors (Lipinski definition) is 2. The summed E-state index contributed by atoms with van der Waals surface area (Å²) >= 11 is 0. The minimum absolute atomic E-state index is 0.0909. The number of H-pyrrole nitrogens is 1. The average Bonchev–Trinajstić information content (AvgIpc) is 3.56. The zero-order valence-electron chi connectivity index (χ0n) is 21.9. The van der Waals surface area contributed by atoms with E-state index in [1.54, 1.807) is 19.2 Å². The first-order chi connectivity index (χ1) is 18.7. The van der Waals surface area contributed by atoms with Crippen molar-refractivity contribution < 1.29 is 18.8 Å². The highest BCUT2D eigenvalue weighted by molar-refractivity contribution is 6.01. The third kappa shape index (κ3) is 3.81. The topological polar surface area (TPSA) is 109 Å². The molecule has 2 aromatic rings. The van der Waals surface area contributed by atoms with Crippen LogP contribution in [0.15, 0.2) is 60.2 Å². The summed E-state index contributed by atoms with van der Waals surface area (Å²) in [7, 11) is 1.55. The first-order valence-electron chi connectivity index (χ1n) is 13.3. The Balaban J connectivity index is 1.33. The molecule has 1 spiro atoms. The molecule has 2 saturated heterocycles. The monoisotopic (exact) mass is 527 g/mol. The number of nitrogens with zero attached hydrogens (tertiary/aromatic N) is 3. The van der Waals surface area contributed by atoms with Gasteiger partial charge in [-0.3, -0.25) is 14.4 Å². The molecule has 0 bridgehead atoms. The number of aromatic nitrogens is 1. The molecule has 1 saturated carbocycles. The molecule has 8 nitrogen and oxygen atoms in total. The van der Waals surface area contributed by atoms with E-state index in [1.165, 1.54) is 21.9 Å². The van der Waals surface area contributed by atoms with E-state index in [1.807, 2.05) is 37.3 Å². The normalized spacial score (nSPS) is 29.6. The summed E-state index contributed by atoms with van der Waals surface area (Å²) in [5.41, 5.74) is 0.211. The van der Waals surface area contributed by atoms with Gasteiger partial charge in [-0.05, 0) is 50.8 Å². The third-order valence-corrected chi connectivity index (χ3v) is 8.97. The van der Waals surface area contributed by atoms with Crippen molar-refractivity contribution in [3.8, 4) is 6.07 Å². The summed E-state index contributed by atoms with van der Waals surface area (Å²) in [6.45, 7) is 2.04. The number of nitrogens with one attached hydrogen (secondary N) is 2. The van der Waals surface area contributed by atoms with Gasteiger partial charge >= 0.3 is 0 Å². The van der Waals surface area contributed by atoms with Crippen LogP contribution >= 0.6 is 0 Å². The fourth-order valence-electron chi connectivity index (χ4n) is 6.63. The van der Waals surface area contributed by atoms with E-state index >= 15 is 0 Å². The molecule has 0 radical (unpaired) electrons. The number of fused-ring (bicyclic) bond motifs is 3. The van der Waals surface area contributed by atoms with Gasteiger partial charge in [0.1, 0.15) is 23.6 Å². The second kappa shape index (κ2) is 8.94. The van der Waals surface area contributed by atoms with Crippen molar-refractivity contribution in [2.45, 2.75) is 50.2 Å². The number of halogens is 1. The van der Waals surface area contributed by atoms with Crippen molar-refractivity contribution in [3.63, 3.8) is 0 Å². The Morgan fingerprint density at radius 1 is 1.31 bits per heavy atom. The lowest BCUT2D eigenvalue weighted by Gasteiger charge is -2.35. The molecule has 39 heavy (non-hydrogen) atoms. The van der Waals surface area contributed by atoms with Crippen LogP contribution in [0, 0.1) is 28.5 Å². The summed E-state index contributed by atoms with van der Waals surface area (Å²) in [6.07, 6.45) is 12.5. The van der Waals surface area contributed by atoms with Gasteiger partial charge in [0.05, 0.1) is 17.0 Å². The molecule has 1 aromatic heterocycles. The minimum Gasteiger partial charge on any atom is -0.350 e. The quantitative estimate of drug-likeness (QED) is 0.592. The molecule has 6 rings (SSSR count). The van der Waals surface area contributed by atoms with Crippen molar-refractivity contribution in [1.29, 1.82) is 5.26 Å². The molecule has 3 heterocycles. The first-order valence-corrected chi connectivity index (χ1v) is 13.3. The molecule has 5 atom stereocenters. The number of allylic oxidation sites excluding steroid dienone is 3. The second-order valence-electron chi connectivity index (χ2n) is 11.4. The molecule has 2 aliphatic carbocycles. The van der Waals surface area contributed by atoms with E-state index in [-0.39, 0.29) is 30.5 Å². The van der Waals surface area contributed by atoms with Crippen LogP contribution in [-0.2, 0) is 9.59 Å². The molecule has 1 aromatic carbocycles. The standard InChI is InChI=1S/C30H30FN5O3/c1-29-12-4-3-11-25(29)30(28(39)34-29)15-19(16-32)36(17-30)27(38)24(13-18-7-5-8-18)35(2)26(37)23-14-20-21(31)9-6-10-22(20)33-23/h3-4,6,9-14,19,24-25,33H,5,7-8,15,17H2,1-2H3,(H,34,39)/t19-,24-,25?,29?,30-/m0/s1. The maximum Gasteiger partial charge on any atom is 0.270 e. The number of carbonyl (C=O) groups is 3. The highest BCUT2D eigenvalue weighted by Gasteiger charge is 2.64. The maximum absolute atomic E-state index is 14.3. The summed E-state index contributed by atoms with van der Waals surface area (Å²) in [4.78, 5) is 47.0. The smallest absolute Gasteiger partial charge is 0.270 e. The van der Waals surface area contributed by atoms with Crippen molar-refractivity contribution >= 4 is 28.6 Å². The molecule has 3 amide bonds. The van der Waals surface area contributed by atoms with Gasteiger partial charge in [-0.2, -0.15) is 5.26 Å². The highest BCUT2D eigenvalue weighted by atomic mass is 19.1. The predicted molar refractivity (Wildman–Crippen MR) is 143 cm³/mol. The zero-order chi connectivity index (χ0) is 27.5. The Morgan fingerprint density at radius 2 is 2.10 bits per heavy atom. The van der Waals surface area contributed by atoms with E-state index in [4.69, 9.17) is 0 Å². The van der Waals surface area contributed by atoms with Crippen LogP contribution in [0.4, 0.5) is 4.39 Å². The lowest BCUT2D eigenvalue weighted by molar-refractivity contribution is -0.135. The van der Waals surface area contributed by atoms with Crippen molar-refractivity contribution in [2.75, 3.05) is 13.6 Å². The van der Waals surface area contributed by atoms with Crippen molar-refractivity contribution in [2.24, 2.45) is 11.3 Å². The van der Waals surface area contributed by atoms with Gasteiger partial charge < -0.3 is 20.1 Å². The SMILES string of the molecule is CN(C(=O)c1cc2c(F)cccc2[nH]1)[C@@H](C=C1CCC1)C(=O)N1C[C@]2(C[C@H]1C#N)C(=O)NC1(C)C=CC=CC12. The lowest BCUT2D eigenvalue weighted by Crippen LogP contribution is -2.51. The van der Waals surface area contributed by atoms with Gasteiger partial charge in [-0.1, -0.05) is 42.0 Å². The summed E-state index contributed by atoms with van der Waals surface area (Å²) in [6, 6.07) is 6.50. The number of benzene rings is 1. The molecule has 9 heteroatoms. The van der Waals surface area contributed by atoms with Crippen molar-refractivity contribution in [1.82, 2.24) is 20.1 Å². The second-order valence-corrected chi connectivity index (χ2v) is 11.4. The third-order valence-electron chi connectivity index (χ3n) is 8.97. The van der Waals surface area contributed by atoms with Crippen LogP contribution in [0.5, 0.6) is 0 Å². The average molecular weight is 528 g/mol. The number of aromatic amines is 1. The van der Waals surface area contributed by atoms with Crippen LogP contribution in [-0.4, -0.2) is 63.7 Å². The molecular formula is C30H30FN5O3. The number of hydrogen-bond acceptors (Lipinski definition) is 4. The Kier molecular flexibility index (Phi) is 5.75. The number of nitriles is 1. The molecule has 2 aliphatic heterocycles. The van der Waals surface area contributed by atoms with Crippen LogP contribution in [0.2, 0.25) is 0 Å². The molecule has 200 valence electrons. The van der Waals surface area contributed by atoms with Gasteiger partial charge in [0.2, 0.25) is 5.91 Å². The van der Waals surface area contributed by atoms with Crippen LogP contribution < -0.4 is 5.32 Å². The van der Waals surface area contributed by atoms with Gasteiger partial charge in [-0.15, -0.1) is 0 Å². The van der Waals surface area contributed by atoms with E-state index in [2.05, 4.69) is 16.4 Å². The van der Waals surface area contributed by atoms with E-state index in [0.717, 1.165) is 24.8 Å². The summed E-state index contributed by atoms with van der Waals surface area (Å²) < 4.78 is 14.3. The Morgan fingerprint density at radius 3 is 2.79 bits per heavy atom. The number of likely N-dealkylation sites (tertiary alicyclic amines) is 1. The van der Waals surface area contributed by atoms with Crippen molar-refractivity contribution in [3.05, 3.63) is 71.7 Å². The van der Waals surface area contributed by atoms with Gasteiger partial charge in [0, 0.05) is 30.4 Å². The van der Waals surface area contributed by atoms with E-state index < -0.39 is 40.7 Å². The molecule has 3 fully saturated rings. The first kappa shape index (κ1) is 25.1. The number of carbonyl (C=O) groups excluding carboxylic acids is 3. The van der Waals surface area contributed by atoms with E-state index in [0.29, 0.717) is 10.9 Å². The van der Waals surface area contributed by atoms with E-state index in [9.17, 15) is 24.0 Å². The summed E-state index contributed by atoms with van der Waals surface area (Å²) in [5, 5.41) is 13.5. The van der Waals surface area contributed by atoms with Gasteiger partial charge in [-0.25, -0.2) is 4.39 Å². The van der Waals surface area contributed by atoms with Crippen LogP contribution in [0.25, 0.3) is 10.9 Å². The minimum atomic E-state index is -0.965. The highest BCUT2D eigenvalue weighted by Crippen LogP contribution is 2.52. The molecule has 4 aliphatic rings. The molecule has 2 unspecified atom stereocenters. The number of rotatable bonds is 4. The van der Waals surface area contributed by atoms with Gasteiger partial charge in [0.15, 0.2) is 0 Å². The predicted octanol–water partition coefficient (Wildman–Crippen LogP) is 3.60. The van der Waals surface area contributed by atoms with Crippen LogP contribution in [0.1, 0.15) is 43.1 Å². The van der Waals surface area contributed by atoms with Gasteiger partial charge in [0.25, 0.3) is 11.8 Å². The Labute approximate surface area is 225 Å². The summed E-state index contributed by atoms with van der Waals surface area (Å²) in [5.74, 6) is -1.68. The Bertz CT molecular complexity index is 1530. The maximum atomic E-state index is 14.3. The fourth-order valence-corrected chi connectivity index (χ4v) is 6.63. The Hall–Kier alpha value is -4.19. The molecular weight excluding hydrogens is 497 g/mol. The number of amides is 3. The number of likely N-dealkylation sites (N-methyl/N-ethyl adjacent to an activating group) is 1. The fraction of sp³-hybridized carbons (Fsp3) is 0.400. The molecule has 2 N–H and O–H groups in total. The van der Waals surface area contributed by atoms with Crippen LogP contribution in [0.3, 0.4) is 0 Å². The lowest BCUT2D eigenvalue weighted by atomic mass is 9.67. The zero-order valence-corrected chi connectivity index (χ0v) is 21.9. The largest absolute Gasteiger partial charge is 0.350 e.